The first-order valence-corrected chi connectivity index (χ1v) is 6.93. The van der Waals surface area contributed by atoms with Crippen LogP contribution >= 0.6 is 0 Å². The Morgan fingerprint density at radius 3 is 2.44 bits per heavy atom. The first-order valence-electron chi connectivity index (χ1n) is 6.93. The molecule has 1 aromatic carbocycles. The third-order valence-corrected chi connectivity index (χ3v) is 3.63. The SMILES string of the molecule is Cc1cc(C)c(CNCCCC(C)CO)cc1C. The molecule has 0 amide bonds. The van der Waals surface area contributed by atoms with Crippen LogP contribution in [0, 0.1) is 26.7 Å². The van der Waals surface area contributed by atoms with Crippen LogP contribution in [0.4, 0.5) is 0 Å². The molecule has 0 bridgehead atoms. The average Bonchev–Trinajstić information content (AvgIpc) is 2.34. The number of aliphatic hydroxyl groups is 1. The van der Waals surface area contributed by atoms with Crippen molar-refractivity contribution < 1.29 is 5.11 Å². The predicted molar refractivity (Wildman–Crippen MR) is 77.8 cm³/mol. The van der Waals surface area contributed by atoms with Gasteiger partial charge in [0.15, 0.2) is 0 Å². The molecule has 1 aromatic rings. The van der Waals surface area contributed by atoms with E-state index in [1.165, 1.54) is 22.3 Å². The molecule has 1 unspecified atom stereocenters. The average molecular weight is 249 g/mol. The summed E-state index contributed by atoms with van der Waals surface area (Å²) in [5.74, 6) is 0.426. The molecule has 0 aliphatic rings. The van der Waals surface area contributed by atoms with E-state index in [0.29, 0.717) is 12.5 Å². The lowest BCUT2D eigenvalue weighted by Crippen LogP contribution is -2.16. The summed E-state index contributed by atoms with van der Waals surface area (Å²) in [6, 6.07) is 4.55. The summed E-state index contributed by atoms with van der Waals surface area (Å²) in [6.45, 7) is 10.9. The standard InChI is InChI=1S/C16H27NO/c1-12(11-18)6-5-7-17-10-16-9-14(3)13(2)8-15(16)4/h8-9,12,17-18H,5-7,10-11H2,1-4H3. The fraction of sp³-hybridized carbons (Fsp3) is 0.625. The summed E-state index contributed by atoms with van der Waals surface area (Å²) in [5, 5.41) is 12.4. The van der Waals surface area contributed by atoms with E-state index in [-0.39, 0.29) is 0 Å². The monoisotopic (exact) mass is 249 g/mol. The Balaban J connectivity index is 2.33. The van der Waals surface area contributed by atoms with Crippen LogP contribution in [0.1, 0.15) is 42.0 Å². The summed E-state index contributed by atoms with van der Waals surface area (Å²) in [4.78, 5) is 0. The molecule has 0 saturated heterocycles. The summed E-state index contributed by atoms with van der Waals surface area (Å²) in [7, 11) is 0. The Morgan fingerprint density at radius 2 is 1.78 bits per heavy atom. The molecule has 0 saturated carbocycles. The van der Waals surface area contributed by atoms with Crippen molar-refractivity contribution in [2.24, 2.45) is 5.92 Å². The number of aliphatic hydroxyl groups excluding tert-OH is 1. The van der Waals surface area contributed by atoms with Gasteiger partial charge in [-0.15, -0.1) is 0 Å². The second-order valence-corrected chi connectivity index (χ2v) is 5.47. The maximum absolute atomic E-state index is 8.94. The van der Waals surface area contributed by atoms with Crippen LogP contribution in [0.2, 0.25) is 0 Å². The number of hydrogen-bond acceptors (Lipinski definition) is 2. The maximum atomic E-state index is 8.94. The molecule has 1 rings (SSSR count). The zero-order valence-corrected chi connectivity index (χ0v) is 12.2. The van der Waals surface area contributed by atoms with Gasteiger partial charge in [0.1, 0.15) is 0 Å². The van der Waals surface area contributed by atoms with Gasteiger partial charge < -0.3 is 10.4 Å². The van der Waals surface area contributed by atoms with Gasteiger partial charge in [-0.25, -0.2) is 0 Å². The quantitative estimate of drug-likeness (QED) is 0.728. The Hall–Kier alpha value is -0.860. The van der Waals surface area contributed by atoms with Gasteiger partial charge in [-0.05, 0) is 68.3 Å². The molecule has 0 aliphatic carbocycles. The van der Waals surface area contributed by atoms with Crippen molar-refractivity contribution in [3.8, 4) is 0 Å². The Labute approximate surface area is 111 Å². The highest BCUT2D eigenvalue weighted by atomic mass is 16.3. The van der Waals surface area contributed by atoms with Crippen LogP contribution in [0.3, 0.4) is 0 Å². The molecule has 0 aliphatic heterocycles. The Kier molecular flexibility index (Phi) is 6.37. The third-order valence-electron chi connectivity index (χ3n) is 3.63. The minimum absolute atomic E-state index is 0.302. The van der Waals surface area contributed by atoms with Crippen LogP contribution in [0.5, 0.6) is 0 Å². The highest BCUT2D eigenvalue weighted by molar-refractivity contribution is 5.36. The molecular formula is C16H27NO. The summed E-state index contributed by atoms with van der Waals surface area (Å²) in [6.07, 6.45) is 2.22. The molecule has 0 radical (unpaired) electrons. The molecule has 0 fully saturated rings. The number of hydrogen-bond donors (Lipinski definition) is 2. The van der Waals surface area contributed by atoms with E-state index in [2.05, 4.69) is 45.1 Å². The Morgan fingerprint density at radius 1 is 1.11 bits per heavy atom. The van der Waals surface area contributed by atoms with Gasteiger partial charge >= 0.3 is 0 Å². The molecule has 2 nitrogen and oxygen atoms in total. The van der Waals surface area contributed by atoms with Crippen LogP contribution in [-0.2, 0) is 6.54 Å². The first-order chi connectivity index (χ1) is 8.54. The van der Waals surface area contributed by atoms with Crippen LogP contribution in [0.15, 0.2) is 12.1 Å². The fourth-order valence-corrected chi connectivity index (χ4v) is 2.10. The van der Waals surface area contributed by atoms with Gasteiger partial charge in [0, 0.05) is 13.2 Å². The van der Waals surface area contributed by atoms with Crippen molar-refractivity contribution in [3.05, 3.63) is 34.4 Å². The molecule has 18 heavy (non-hydrogen) atoms. The van der Waals surface area contributed by atoms with E-state index in [9.17, 15) is 0 Å². The maximum Gasteiger partial charge on any atom is 0.0456 e. The van der Waals surface area contributed by atoms with Crippen molar-refractivity contribution in [1.29, 1.82) is 0 Å². The van der Waals surface area contributed by atoms with Crippen molar-refractivity contribution in [1.82, 2.24) is 5.32 Å². The number of rotatable bonds is 7. The van der Waals surface area contributed by atoms with E-state index in [0.717, 1.165) is 25.9 Å². The second-order valence-electron chi connectivity index (χ2n) is 5.47. The van der Waals surface area contributed by atoms with Gasteiger partial charge in [0.25, 0.3) is 0 Å². The molecular weight excluding hydrogens is 222 g/mol. The van der Waals surface area contributed by atoms with Crippen molar-refractivity contribution >= 4 is 0 Å². The molecule has 2 heteroatoms. The van der Waals surface area contributed by atoms with E-state index in [1.54, 1.807) is 0 Å². The lowest BCUT2D eigenvalue weighted by molar-refractivity contribution is 0.228. The highest BCUT2D eigenvalue weighted by Gasteiger charge is 2.02. The first kappa shape index (κ1) is 15.2. The molecule has 0 spiro atoms. The van der Waals surface area contributed by atoms with Crippen LogP contribution in [-0.4, -0.2) is 18.3 Å². The molecule has 102 valence electrons. The normalized spacial score (nSPS) is 12.7. The van der Waals surface area contributed by atoms with E-state index in [4.69, 9.17) is 5.11 Å². The van der Waals surface area contributed by atoms with Crippen molar-refractivity contribution in [2.75, 3.05) is 13.2 Å². The zero-order valence-electron chi connectivity index (χ0n) is 12.2. The molecule has 2 N–H and O–H groups in total. The van der Waals surface area contributed by atoms with Crippen LogP contribution in [0.25, 0.3) is 0 Å². The van der Waals surface area contributed by atoms with Gasteiger partial charge in [0.2, 0.25) is 0 Å². The fourth-order valence-electron chi connectivity index (χ4n) is 2.10. The highest BCUT2D eigenvalue weighted by Crippen LogP contribution is 2.15. The smallest absolute Gasteiger partial charge is 0.0456 e. The summed E-state index contributed by atoms with van der Waals surface area (Å²) < 4.78 is 0. The number of aryl methyl sites for hydroxylation is 3. The van der Waals surface area contributed by atoms with Crippen molar-refractivity contribution in [3.63, 3.8) is 0 Å². The number of benzene rings is 1. The number of nitrogens with one attached hydrogen (secondary N) is 1. The lowest BCUT2D eigenvalue weighted by atomic mass is 10.0. The summed E-state index contributed by atoms with van der Waals surface area (Å²) in [5.41, 5.74) is 5.50. The van der Waals surface area contributed by atoms with E-state index >= 15 is 0 Å². The minimum Gasteiger partial charge on any atom is -0.396 e. The lowest BCUT2D eigenvalue weighted by Gasteiger charge is -2.12. The summed E-state index contributed by atoms with van der Waals surface area (Å²) >= 11 is 0. The molecule has 0 heterocycles. The van der Waals surface area contributed by atoms with E-state index in [1.807, 2.05) is 0 Å². The van der Waals surface area contributed by atoms with Gasteiger partial charge in [0.05, 0.1) is 0 Å². The van der Waals surface area contributed by atoms with E-state index < -0.39 is 0 Å². The minimum atomic E-state index is 0.302. The third kappa shape index (κ3) is 4.79. The second kappa shape index (κ2) is 7.55. The van der Waals surface area contributed by atoms with Gasteiger partial charge in [-0.1, -0.05) is 19.1 Å². The zero-order chi connectivity index (χ0) is 13.5. The van der Waals surface area contributed by atoms with Crippen molar-refractivity contribution in [2.45, 2.75) is 47.1 Å². The molecule has 1 atom stereocenters. The molecule has 0 aromatic heterocycles. The largest absolute Gasteiger partial charge is 0.396 e. The van der Waals surface area contributed by atoms with Gasteiger partial charge in [-0.3, -0.25) is 0 Å². The Bertz CT molecular complexity index is 374. The van der Waals surface area contributed by atoms with Crippen LogP contribution < -0.4 is 5.32 Å². The predicted octanol–water partition coefficient (Wildman–Crippen LogP) is 3.11. The van der Waals surface area contributed by atoms with Gasteiger partial charge in [-0.2, -0.15) is 0 Å². The topological polar surface area (TPSA) is 32.3 Å².